The third kappa shape index (κ3) is 5.47. The van der Waals surface area contributed by atoms with Crippen molar-refractivity contribution in [2.75, 3.05) is 19.8 Å². The van der Waals surface area contributed by atoms with Gasteiger partial charge in [-0.3, -0.25) is 0 Å². The van der Waals surface area contributed by atoms with Crippen molar-refractivity contribution in [3.8, 4) is 0 Å². The van der Waals surface area contributed by atoms with Crippen LogP contribution in [0.1, 0.15) is 137 Å². The Bertz CT molecular complexity index is 1180. The van der Waals surface area contributed by atoms with Crippen molar-refractivity contribution in [3.05, 3.63) is 46.5 Å². The van der Waals surface area contributed by atoms with E-state index in [0.717, 1.165) is 63.3 Å². The maximum Gasteiger partial charge on any atom is 0.169 e. The summed E-state index contributed by atoms with van der Waals surface area (Å²) in [7, 11) is 0. The lowest BCUT2D eigenvalue weighted by Crippen LogP contribution is -2.51. The summed E-state index contributed by atoms with van der Waals surface area (Å²) in [5.41, 5.74) is 6.92. The summed E-state index contributed by atoms with van der Waals surface area (Å²) in [5, 5.41) is 0. The van der Waals surface area contributed by atoms with Crippen molar-refractivity contribution < 1.29 is 14.2 Å². The molecule has 5 aliphatic rings. The molecule has 234 valence electrons. The molecule has 0 radical (unpaired) electrons. The van der Waals surface area contributed by atoms with Crippen LogP contribution in [0.5, 0.6) is 0 Å². The summed E-state index contributed by atoms with van der Waals surface area (Å²) >= 11 is 0. The molecule has 42 heavy (non-hydrogen) atoms. The van der Waals surface area contributed by atoms with Gasteiger partial charge >= 0.3 is 0 Å². The Morgan fingerprint density at radius 2 is 1.69 bits per heavy atom. The van der Waals surface area contributed by atoms with Crippen molar-refractivity contribution in [1.82, 2.24) is 0 Å². The zero-order valence-corrected chi connectivity index (χ0v) is 28.4. The lowest BCUT2D eigenvalue weighted by atomic mass is 9.51. The third-order valence-electron chi connectivity index (χ3n) is 13.0. The number of hydrogen-bond donors (Lipinski definition) is 0. The van der Waals surface area contributed by atoms with Crippen molar-refractivity contribution in [1.29, 1.82) is 0 Å². The number of fused-ring (bicyclic) bond motifs is 4. The molecule has 1 aromatic rings. The number of benzene rings is 1. The molecule has 1 spiro atoms. The molecule has 6 unspecified atom stereocenters. The highest BCUT2D eigenvalue weighted by atomic mass is 16.7. The van der Waals surface area contributed by atoms with Gasteiger partial charge in [0.05, 0.1) is 25.4 Å². The van der Waals surface area contributed by atoms with Gasteiger partial charge in [0.15, 0.2) is 5.79 Å². The van der Waals surface area contributed by atoms with Crippen LogP contribution in [-0.2, 0) is 19.8 Å². The van der Waals surface area contributed by atoms with E-state index in [-0.39, 0.29) is 22.2 Å². The highest BCUT2D eigenvalue weighted by molar-refractivity contribution is 5.42. The summed E-state index contributed by atoms with van der Waals surface area (Å²) in [6.45, 7) is 23.6. The van der Waals surface area contributed by atoms with E-state index in [0.29, 0.717) is 17.3 Å². The fourth-order valence-electron chi connectivity index (χ4n) is 9.47. The molecule has 1 aromatic carbocycles. The normalized spacial score (nSPS) is 36.0. The molecule has 3 saturated carbocycles. The van der Waals surface area contributed by atoms with E-state index in [1.54, 1.807) is 5.57 Å². The number of allylic oxidation sites excluding steroid dienone is 2. The van der Waals surface area contributed by atoms with Crippen LogP contribution in [0.2, 0.25) is 0 Å². The molecule has 1 aliphatic heterocycles. The van der Waals surface area contributed by atoms with Gasteiger partial charge in [-0.1, -0.05) is 83.9 Å². The van der Waals surface area contributed by atoms with Crippen molar-refractivity contribution in [2.24, 2.45) is 39.9 Å². The monoisotopic (exact) mass is 576 g/mol. The minimum atomic E-state index is -0.356. The average Bonchev–Trinajstić information content (AvgIpc) is 3.27. The molecule has 0 amide bonds. The van der Waals surface area contributed by atoms with Crippen LogP contribution >= 0.6 is 0 Å². The molecule has 0 aromatic heterocycles. The van der Waals surface area contributed by atoms with Crippen LogP contribution in [0.15, 0.2) is 35.4 Å². The fraction of sp³-hybridized carbons (Fsp3) is 0.795. The topological polar surface area (TPSA) is 27.7 Å². The van der Waals surface area contributed by atoms with Gasteiger partial charge in [-0.2, -0.15) is 0 Å². The molecule has 3 heteroatoms. The number of ether oxygens (including phenoxy) is 3. The minimum absolute atomic E-state index is 0.120. The maximum absolute atomic E-state index is 6.65. The molecule has 1 saturated heterocycles. The van der Waals surface area contributed by atoms with Gasteiger partial charge in [-0.05, 0) is 104 Å². The largest absolute Gasteiger partial charge is 0.370 e. The second kappa shape index (κ2) is 10.7. The van der Waals surface area contributed by atoms with E-state index >= 15 is 0 Å². The Balaban J connectivity index is 1.35. The van der Waals surface area contributed by atoms with E-state index in [1.165, 1.54) is 43.2 Å². The first-order valence-corrected chi connectivity index (χ1v) is 17.4. The van der Waals surface area contributed by atoms with Gasteiger partial charge in [-0.25, -0.2) is 0 Å². The standard InChI is InChI=1S/C39H60O3/c1-10-35(3,4)23-40-37(7,8)29-13-11-12-27(20-29)32-22-38(9)26(2)14-17-33(38)31-16-15-28-21-39(19-18-30(28)34(31)32)41-24-36(5,6)25-42-39/h11-13,20,26,28,31-33H,10,14-19,21-25H2,1-9H3. The molecule has 3 nitrogen and oxygen atoms in total. The molecule has 4 fully saturated rings. The van der Waals surface area contributed by atoms with E-state index in [1.807, 2.05) is 5.57 Å². The van der Waals surface area contributed by atoms with Gasteiger partial charge in [-0.15, -0.1) is 0 Å². The molecule has 0 N–H and O–H groups in total. The van der Waals surface area contributed by atoms with Crippen LogP contribution < -0.4 is 0 Å². The first kappa shape index (κ1) is 30.8. The predicted molar refractivity (Wildman–Crippen MR) is 172 cm³/mol. The zero-order chi connectivity index (χ0) is 30.1. The molecule has 6 rings (SSSR count). The fourth-order valence-corrected chi connectivity index (χ4v) is 9.47. The van der Waals surface area contributed by atoms with Gasteiger partial charge in [0.2, 0.25) is 0 Å². The van der Waals surface area contributed by atoms with Crippen LogP contribution in [0.3, 0.4) is 0 Å². The highest BCUT2D eigenvalue weighted by Crippen LogP contribution is 2.66. The molecule has 0 bridgehead atoms. The second-order valence-corrected chi connectivity index (χ2v) is 17.5. The van der Waals surface area contributed by atoms with E-state index in [4.69, 9.17) is 14.2 Å². The summed E-state index contributed by atoms with van der Waals surface area (Å²) < 4.78 is 19.8. The van der Waals surface area contributed by atoms with Crippen molar-refractivity contribution >= 4 is 0 Å². The Morgan fingerprint density at radius 3 is 2.40 bits per heavy atom. The third-order valence-corrected chi connectivity index (χ3v) is 13.0. The van der Waals surface area contributed by atoms with E-state index in [2.05, 4.69) is 86.6 Å². The Morgan fingerprint density at radius 1 is 0.952 bits per heavy atom. The maximum atomic E-state index is 6.65. The van der Waals surface area contributed by atoms with Crippen LogP contribution in [0, 0.1) is 39.9 Å². The first-order chi connectivity index (χ1) is 19.7. The molecule has 6 atom stereocenters. The predicted octanol–water partition coefficient (Wildman–Crippen LogP) is 10.2. The average molecular weight is 577 g/mol. The minimum Gasteiger partial charge on any atom is -0.370 e. The Kier molecular flexibility index (Phi) is 7.88. The highest BCUT2D eigenvalue weighted by Gasteiger charge is 2.57. The summed E-state index contributed by atoms with van der Waals surface area (Å²) in [6, 6.07) is 9.59. The second-order valence-electron chi connectivity index (χ2n) is 17.5. The lowest BCUT2D eigenvalue weighted by molar-refractivity contribution is -0.312. The van der Waals surface area contributed by atoms with E-state index in [9.17, 15) is 0 Å². The molecule has 1 heterocycles. The van der Waals surface area contributed by atoms with Gasteiger partial charge in [0, 0.05) is 24.2 Å². The summed E-state index contributed by atoms with van der Waals surface area (Å²) in [5.74, 6) is 3.14. The quantitative estimate of drug-likeness (QED) is 0.315. The number of rotatable bonds is 6. The van der Waals surface area contributed by atoms with E-state index < -0.39 is 0 Å². The zero-order valence-electron chi connectivity index (χ0n) is 28.4. The summed E-state index contributed by atoms with van der Waals surface area (Å²) in [6.07, 6.45) is 11.1. The SMILES string of the molecule is CCC(C)(C)COC(C)(C)c1cccc(C2CC3(C)C(C)CCC3C3CCC4CC5(CCC4=C23)OCC(C)(C)CO5)c1. The van der Waals surface area contributed by atoms with Crippen LogP contribution in [0.25, 0.3) is 0 Å². The van der Waals surface area contributed by atoms with Gasteiger partial charge in [0.1, 0.15) is 0 Å². The Labute approximate surface area is 257 Å². The van der Waals surface area contributed by atoms with Crippen molar-refractivity contribution in [3.63, 3.8) is 0 Å². The van der Waals surface area contributed by atoms with Crippen molar-refractivity contribution in [2.45, 2.75) is 137 Å². The van der Waals surface area contributed by atoms with Gasteiger partial charge < -0.3 is 14.2 Å². The summed E-state index contributed by atoms with van der Waals surface area (Å²) in [4.78, 5) is 0. The first-order valence-electron chi connectivity index (χ1n) is 17.4. The molecular formula is C39H60O3. The van der Waals surface area contributed by atoms with Crippen LogP contribution in [-0.4, -0.2) is 25.6 Å². The molecule has 4 aliphatic carbocycles. The van der Waals surface area contributed by atoms with Gasteiger partial charge in [0.25, 0.3) is 0 Å². The number of hydrogen-bond acceptors (Lipinski definition) is 3. The Hall–Kier alpha value is -1.16. The van der Waals surface area contributed by atoms with Crippen LogP contribution in [0.4, 0.5) is 0 Å². The molecular weight excluding hydrogens is 516 g/mol. The smallest absolute Gasteiger partial charge is 0.169 e. The lowest BCUT2D eigenvalue weighted by Gasteiger charge is -2.55.